The number of benzene rings is 1. The Morgan fingerprint density at radius 2 is 2.00 bits per heavy atom. The normalized spacial score (nSPS) is 17.8. The minimum absolute atomic E-state index is 0.00609. The number of rotatable bonds is 3. The van der Waals surface area contributed by atoms with E-state index >= 15 is 0 Å². The zero-order chi connectivity index (χ0) is 13.9. The van der Waals surface area contributed by atoms with Crippen LogP contribution >= 0.6 is 0 Å². The van der Waals surface area contributed by atoms with Crippen molar-refractivity contribution < 1.29 is 13.2 Å². The molecule has 1 aromatic rings. The molecule has 0 aromatic heterocycles. The first kappa shape index (κ1) is 14.0. The predicted octanol–water partition coefficient (Wildman–Crippen LogP) is 0.647. The Bertz CT molecular complexity index is 569. The van der Waals surface area contributed by atoms with Crippen molar-refractivity contribution in [1.82, 2.24) is 9.62 Å². The molecular weight excluding hydrogens is 264 g/mol. The molecular formula is C13H18N2O3S. The van der Waals surface area contributed by atoms with Gasteiger partial charge in [-0.15, -0.1) is 0 Å². The third-order valence-corrected chi connectivity index (χ3v) is 5.09. The van der Waals surface area contributed by atoms with Gasteiger partial charge in [-0.2, -0.15) is 4.31 Å². The summed E-state index contributed by atoms with van der Waals surface area (Å²) < 4.78 is 26.1. The summed E-state index contributed by atoms with van der Waals surface area (Å²) >= 11 is 0. The molecule has 0 spiro atoms. The van der Waals surface area contributed by atoms with Crippen LogP contribution in [0, 0.1) is 6.92 Å². The van der Waals surface area contributed by atoms with Gasteiger partial charge in [0, 0.05) is 26.1 Å². The van der Waals surface area contributed by atoms with Crippen LogP contribution in [0.5, 0.6) is 0 Å². The van der Waals surface area contributed by atoms with E-state index in [1.54, 1.807) is 0 Å². The molecule has 2 rings (SSSR count). The van der Waals surface area contributed by atoms with Gasteiger partial charge in [0.05, 0.1) is 5.75 Å². The fraction of sp³-hybridized carbons (Fsp3) is 0.462. The van der Waals surface area contributed by atoms with Gasteiger partial charge < -0.3 is 5.32 Å². The number of nitrogens with one attached hydrogen (secondary N) is 1. The second-order valence-electron chi connectivity index (χ2n) is 4.68. The fourth-order valence-electron chi connectivity index (χ4n) is 2.08. The molecule has 1 aliphatic heterocycles. The highest BCUT2D eigenvalue weighted by Gasteiger charge is 2.25. The van der Waals surface area contributed by atoms with Crippen molar-refractivity contribution in [3.63, 3.8) is 0 Å². The van der Waals surface area contributed by atoms with E-state index in [0.717, 1.165) is 11.1 Å². The molecule has 0 atom stereocenters. The summed E-state index contributed by atoms with van der Waals surface area (Å²) in [4.78, 5) is 11.2. The van der Waals surface area contributed by atoms with E-state index in [1.165, 1.54) is 4.31 Å². The first-order valence-corrected chi connectivity index (χ1v) is 7.89. The molecule has 0 bridgehead atoms. The molecule has 0 saturated carbocycles. The van der Waals surface area contributed by atoms with Gasteiger partial charge in [0.15, 0.2) is 0 Å². The first-order valence-electron chi connectivity index (χ1n) is 6.28. The largest absolute Gasteiger partial charge is 0.355 e. The molecule has 0 aliphatic carbocycles. The molecule has 1 fully saturated rings. The summed E-state index contributed by atoms with van der Waals surface area (Å²) in [6.45, 7) is 2.89. The van der Waals surface area contributed by atoms with E-state index in [4.69, 9.17) is 0 Å². The van der Waals surface area contributed by atoms with Crippen molar-refractivity contribution >= 4 is 15.9 Å². The van der Waals surface area contributed by atoms with Crippen LogP contribution in [0.4, 0.5) is 0 Å². The van der Waals surface area contributed by atoms with Crippen LogP contribution in [0.1, 0.15) is 17.5 Å². The van der Waals surface area contributed by atoms with E-state index < -0.39 is 10.0 Å². The van der Waals surface area contributed by atoms with Crippen molar-refractivity contribution in [2.24, 2.45) is 0 Å². The lowest BCUT2D eigenvalue weighted by Crippen LogP contribution is -2.35. The summed E-state index contributed by atoms with van der Waals surface area (Å²) in [6.07, 6.45) is 0.229. The van der Waals surface area contributed by atoms with Gasteiger partial charge in [-0.25, -0.2) is 8.42 Å². The van der Waals surface area contributed by atoms with Crippen LogP contribution in [0.3, 0.4) is 0 Å². The number of nitrogens with zero attached hydrogens (tertiary/aromatic N) is 1. The maximum atomic E-state index is 12.4. The molecule has 0 unspecified atom stereocenters. The molecule has 6 heteroatoms. The smallest absolute Gasteiger partial charge is 0.221 e. The van der Waals surface area contributed by atoms with Crippen LogP contribution in [0.15, 0.2) is 24.3 Å². The quantitative estimate of drug-likeness (QED) is 0.885. The molecule has 0 radical (unpaired) electrons. The molecule has 1 heterocycles. The average Bonchev–Trinajstić information content (AvgIpc) is 2.57. The number of amides is 1. The minimum atomic E-state index is -3.36. The zero-order valence-electron chi connectivity index (χ0n) is 10.9. The SMILES string of the molecule is Cc1ccccc1CS(=O)(=O)N1CCNC(=O)CC1. The maximum absolute atomic E-state index is 12.4. The number of aryl methyl sites for hydroxylation is 1. The Balaban J connectivity index is 2.14. The van der Waals surface area contributed by atoms with E-state index in [1.807, 2.05) is 31.2 Å². The van der Waals surface area contributed by atoms with Gasteiger partial charge >= 0.3 is 0 Å². The highest BCUT2D eigenvalue weighted by molar-refractivity contribution is 7.88. The summed E-state index contributed by atoms with van der Waals surface area (Å²) in [6, 6.07) is 7.46. The van der Waals surface area contributed by atoms with E-state index in [2.05, 4.69) is 5.32 Å². The zero-order valence-corrected chi connectivity index (χ0v) is 11.7. The lowest BCUT2D eigenvalue weighted by molar-refractivity contribution is -0.120. The van der Waals surface area contributed by atoms with Gasteiger partial charge in [0.1, 0.15) is 0 Å². The van der Waals surface area contributed by atoms with Crippen molar-refractivity contribution in [2.75, 3.05) is 19.6 Å². The molecule has 19 heavy (non-hydrogen) atoms. The fourth-order valence-corrected chi connectivity index (χ4v) is 3.72. The standard InChI is InChI=1S/C13H18N2O3S/c1-11-4-2-3-5-12(11)10-19(17,18)15-8-6-13(16)14-7-9-15/h2-5H,6-10H2,1H3,(H,14,16). The average molecular weight is 282 g/mol. The van der Waals surface area contributed by atoms with Crippen molar-refractivity contribution in [3.05, 3.63) is 35.4 Å². The lowest BCUT2D eigenvalue weighted by atomic mass is 10.1. The second-order valence-corrected chi connectivity index (χ2v) is 6.65. The van der Waals surface area contributed by atoms with E-state index in [-0.39, 0.29) is 24.6 Å². The van der Waals surface area contributed by atoms with Crippen LogP contribution in [-0.4, -0.2) is 38.3 Å². The molecule has 1 saturated heterocycles. The summed E-state index contributed by atoms with van der Waals surface area (Å²) in [5.41, 5.74) is 1.78. The van der Waals surface area contributed by atoms with E-state index in [0.29, 0.717) is 13.1 Å². The topological polar surface area (TPSA) is 66.5 Å². The highest BCUT2D eigenvalue weighted by Crippen LogP contribution is 2.15. The Morgan fingerprint density at radius 1 is 1.26 bits per heavy atom. The van der Waals surface area contributed by atoms with Crippen LogP contribution in [0.25, 0.3) is 0 Å². The Kier molecular flexibility index (Phi) is 4.21. The van der Waals surface area contributed by atoms with Crippen molar-refractivity contribution in [3.8, 4) is 0 Å². The Hall–Kier alpha value is -1.40. The monoisotopic (exact) mass is 282 g/mol. The molecule has 1 aliphatic rings. The van der Waals surface area contributed by atoms with Gasteiger partial charge in [-0.1, -0.05) is 24.3 Å². The predicted molar refractivity (Wildman–Crippen MR) is 73.0 cm³/mol. The number of carbonyl (C=O) groups is 1. The van der Waals surface area contributed by atoms with Crippen LogP contribution < -0.4 is 5.32 Å². The third-order valence-electron chi connectivity index (χ3n) is 3.26. The second kappa shape index (κ2) is 5.71. The first-order chi connectivity index (χ1) is 8.99. The summed E-state index contributed by atoms with van der Waals surface area (Å²) in [7, 11) is -3.36. The van der Waals surface area contributed by atoms with Crippen LogP contribution in [-0.2, 0) is 20.6 Å². The van der Waals surface area contributed by atoms with Crippen molar-refractivity contribution in [2.45, 2.75) is 19.1 Å². The van der Waals surface area contributed by atoms with Gasteiger partial charge in [0.25, 0.3) is 0 Å². The highest BCUT2D eigenvalue weighted by atomic mass is 32.2. The molecule has 104 valence electrons. The molecule has 1 aromatic carbocycles. The number of hydrogen-bond donors (Lipinski definition) is 1. The number of sulfonamides is 1. The Morgan fingerprint density at radius 3 is 2.74 bits per heavy atom. The minimum Gasteiger partial charge on any atom is -0.355 e. The molecule has 1 N–H and O–H groups in total. The summed E-state index contributed by atoms with van der Waals surface area (Å²) in [5, 5.41) is 2.68. The number of hydrogen-bond acceptors (Lipinski definition) is 3. The maximum Gasteiger partial charge on any atom is 0.221 e. The molecule has 1 amide bonds. The number of carbonyl (C=O) groups excluding carboxylic acids is 1. The van der Waals surface area contributed by atoms with Gasteiger partial charge in [0.2, 0.25) is 15.9 Å². The van der Waals surface area contributed by atoms with Crippen molar-refractivity contribution in [1.29, 1.82) is 0 Å². The third kappa shape index (κ3) is 3.54. The summed E-state index contributed by atoms with van der Waals surface area (Å²) in [5.74, 6) is -0.0954. The van der Waals surface area contributed by atoms with E-state index in [9.17, 15) is 13.2 Å². The van der Waals surface area contributed by atoms with Gasteiger partial charge in [-0.3, -0.25) is 4.79 Å². The van der Waals surface area contributed by atoms with Gasteiger partial charge in [-0.05, 0) is 18.1 Å². The lowest BCUT2D eigenvalue weighted by Gasteiger charge is -2.19. The van der Waals surface area contributed by atoms with Crippen LogP contribution in [0.2, 0.25) is 0 Å². The molecule has 5 nitrogen and oxygen atoms in total. The Labute approximate surface area is 113 Å².